The number of rotatable bonds is 6. The Hall–Kier alpha value is -0.880. The molecule has 5 nitrogen and oxygen atoms in total. The molecule has 0 amide bonds. The third-order valence-electron chi connectivity index (χ3n) is 4.19. The van der Waals surface area contributed by atoms with Crippen molar-refractivity contribution in [3.63, 3.8) is 0 Å². The van der Waals surface area contributed by atoms with Crippen molar-refractivity contribution in [1.29, 1.82) is 0 Å². The zero-order valence-corrected chi connectivity index (χ0v) is 15.1. The highest BCUT2D eigenvalue weighted by Crippen LogP contribution is 2.42. The first-order valence-corrected chi connectivity index (χ1v) is 7.83. The Kier molecular flexibility index (Phi) is 10.4. The Bertz CT molecular complexity index is 469. The summed E-state index contributed by atoms with van der Waals surface area (Å²) in [6.07, 6.45) is 4.35. The normalized spacial score (nSPS) is 16.2. The van der Waals surface area contributed by atoms with E-state index in [4.69, 9.17) is 0 Å². The van der Waals surface area contributed by atoms with Gasteiger partial charge in [-0.2, -0.15) is 0 Å². The zero-order chi connectivity index (χ0) is 15.2. The number of unbranched alkanes of at least 4 members (excludes halogenated alkanes) is 2. The monoisotopic (exact) mass is 366 g/mol. The Morgan fingerprint density at radius 3 is 2.30 bits per heavy atom. The average molecular weight is 367 g/mol. The molecular formula is C16H28Cl2N2O3. The van der Waals surface area contributed by atoms with Crippen LogP contribution in [0.3, 0.4) is 0 Å². The second-order valence-corrected chi connectivity index (χ2v) is 5.67. The van der Waals surface area contributed by atoms with Crippen molar-refractivity contribution in [3.05, 3.63) is 17.7 Å². The third-order valence-corrected chi connectivity index (χ3v) is 4.19. The van der Waals surface area contributed by atoms with Gasteiger partial charge in [-0.3, -0.25) is 4.90 Å². The summed E-state index contributed by atoms with van der Waals surface area (Å²) in [6, 6.07) is 3.27. The predicted octanol–water partition coefficient (Wildman–Crippen LogP) is 3.17. The number of halogens is 2. The lowest BCUT2D eigenvalue weighted by molar-refractivity contribution is 0.159. The molecule has 1 aromatic rings. The number of phenols is 3. The first-order valence-electron chi connectivity index (χ1n) is 7.83. The van der Waals surface area contributed by atoms with Crippen LogP contribution in [0.2, 0.25) is 0 Å². The number of nitrogens with one attached hydrogen (secondary N) is 1. The fourth-order valence-corrected chi connectivity index (χ4v) is 2.97. The summed E-state index contributed by atoms with van der Waals surface area (Å²) >= 11 is 0. The second-order valence-electron chi connectivity index (χ2n) is 5.67. The van der Waals surface area contributed by atoms with Crippen LogP contribution in [0.15, 0.2) is 12.1 Å². The van der Waals surface area contributed by atoms with Gasteiger partial charge in [0, 0.05) is 37.8 Å². The molecule has 23 heavy (non-hydrogen) atoms. The largest absolute Gasteiger partial charge is 0.504 e. The summed E-state index contributed by atoms with van der Waals surface area (Å²) in [5.41, 5.74) is 0.711. The van der Waals surface area contributed by atoms with Crippen molar-refractivity contribution in [2.24, 2.45) is 0 Å². The number of benzene rings is 1. The van der Waals surface area contributed by atoms with Gasteiger partial charge in [0.15, 0.2) is 11.5 Å². The molecule has 0 unspecified atom stereocenters. The molecule has 1 aromatic carbocycles. The van der Waals surface area contributed by atoms with Crippen molar-refractivity contribution >= 4 is 24.8 Å². The smallest absolute Gasteiger partial charge is 0.200 e. The molecule has 1 heterocycles. The van der Waals surface area contributed by atoms with E-state index in [2.05, 4.69) is 17.1 Å². The maximum atomic E-state index is 10.2. The predicted molar refractivity (Wildman–Crippen MR) is 97.3 cm³/mol. The van der Waals surface area contributed by atoms with Crippen molar-refractivity contribution in [2.45, 2.75) is 38.6 Å². The van der Waals surface area contributed by atoms with Gasteiger partial charge >= 0.3 is 0 Å². The quantitative estimate of drug-likeness (QED) is 0.459. The highest BCUT2D eigenvalue weighted by molar-refractivity contribution is 5.85. The molecule has 2 rings (SSSR count). The van der Waals surface area contributed by atoms with Gasteiger partial charge in [-0.1, -0.05) is 26.2 Å². The topological polar surface area (TPSA) is 76.0 Å². The number of aromatic hydroxyl groups is 3. The molecule has 0 aromatic heterocycles. The summed E-state index contributed by atoms with van der Waals surface area (Å²) < 4.78 is 0. The highest BCUT2D eigenvalue weighted by atomic mass is 35.5. The fraction of sp³-hybridized carbons (Fsp3) is 0.625. The van der Waals surface area contributed by atoms with E-state index < -0.39 is 5.75 Å². The molecule has 0 bridgehead atoms. The van der Waals surface area contributed by atoms with Crippen LogP contribution in [0.1, 0.15) is 44.2 Å². The molecule has 1 fully saturated rings. The van der Waals surface area contributed by atoms with E-state index >= 15 is 0 Å². The standard InChI is InChI=1S/C16H26N2O3.2ClH/c1-2-3-4-5-13(18-10-8-17-9-11-18)12-6-7-14(19)16(21)15(12)20;;/h6-7,13,17,19-21H,2-5,8-11H2,1H3;2*1H/t13-;;/m1../s1. The summed E-state index contributed by atoms with van der Waals surface area (Å²) in [4.78, 5) is 2.34. The van der Waals surface area contributed by atoms with Gasteiger partial charge in [-0.05, 0) is 18.6 Å². The van der Waals surface area contributed by atoms with Crippen molar-refractivity contribution in [3.8, 4) is 17.2 Å². The van der Waals surface area contributed by atoms with Crippen LogP contribution in [0.5, 0.6) is 17.2 Å². The van der Waals surface area contributed by atoms with Gasteiger partial charge in [-0.15, -0.1) is 24.8 Å². The SMILES string of the molecule is CCCCC[C@H](c1ccc(O)c(O)c1O)N1CCNCC1.Cl.Cl. The highest BCUT2D eigenvalue weighted by Gasteiger charge is 2.26. The molecule has 134 valence electrons. The number of hydrogen-bond donors (Lipinski definition) is 4. The number of nitrogens with zero attached hydrogens (tertiary/aromatic N) is 1. The minimum atomic E-state index is -0.414. The maximum Gasteiger partial charge on any atom is 0.200 e. The van der Waals surface area contributed by atoms with E-state index in [1.54, 1.807) is 6.07 Å². The molecule has 4 N–H and O–H groups in total. The average Bonchev–Trinajstić information content (AvgIpc) is 2.51. The van der Waals surface area contributed by atoms with Crippen LogP contribution in [-0.4, -0.2) is 46.4 Å². The van der Waals surface area contributed by atoms with Gasteiger partial charge in [0.2, 0.25) is 5.75 Å². The molecule has 0 saturated carbocycles. The Labute approximate surface area is 150 Å². The molecular weight excluding hydrogens is 339 g/mol. The summed E-state index contributed by atoms with van der Waals surface area (Å²) in [6.45, 7) is 5.91. The van der Waals surface area contributed by atoms with Crippen molar-refractivity contribution in [2.75, 3.05) is 26.2 Å². The van der Waals surface area contributed by atoms with Gasteiger partial charge in [0.05, 0.1) is 0 Å². The molecule has 0 aliphatic carbocycles. The number of phenolic OH excluding ortho intramolecular Hbond substituents is 3. The van der Waals surface area contributed by atoms with E-state index in [0.717, 1.165) is 51.9 Å². The number of hydrogen-bond acceptors (Lipinski definition) is 5. The van der Waals surface area contributed by atoms with Crippen LogP contribution < -0.4 is 5.32 Å². The lowest BCUT2D eigenvalue weighted by atomic mass is 9.96. The van der Waals surface area contributed by atoms with E-state index in [-0.39, 0.29) is 42.4 Å². The molecule has 1 saturated heterocycles. The summed E-state index contributed by atoms with van der Waals surface area (Å²) in [7, 11) is 0. The van der Waals surface area contributed by atoms with Crippen LogP contribution in [0.25, 0.3) is 0 Å². The first kappa shape index (κ1) is 22.1. The lowest BCUT2D eigenvalue weighted by Gasteiger charge is -2.35. The molecule has 1 aliphatic heterocycles. The molecule has 1 aliphatic rings. The second kappa shape index (κ2) is 10.8. The Morgan fingerprint density at radius 2 is 1.70 bits per heavy atom. The van der Waals surface area contributed by atoms with Gasteiger partial charge in [0.1, 0.15) is 0 Å². The third kappa shape index (κ3) is 5.60. The minimum absolute atomic E-state index is 0. The van der Waals surface area contributed by atoms with Crippen LogP contribution in [0.4, 0.5) is 0 Å². The van der Waals surface area contributed by atoms with Gasteiger partial charge in [-0.25, -0.2) is 0 Å². The van der Waals surface area contributed by atoms with Crippen molar-refractivity contribution in [1.82, 2.24) is 10.2 Å². The van der Waals surface area contributed by atoms with Gasteiger partial charge < -0.3 is 20.6 Å². The van der Waals surface area contributed by atoms with Gasteiger partial charge in [0.25, 0.3) is 0 Å². The van der Waals surface area contributed by atoms with Crippen LogP contribution in [-0.2, 0) is 0 Å². The fourth-order valence-electron chi connectivity index (χ4n) is 2.97. The molecule has 1 atom stereocenters. The van der Waals surface area contributed by atoms with E-state index in [0.29, 0.717) is 5.56 Å². The Morgan fingerprint density at radius 1 is 1.04 bits per heavy atom. The zero-order valence-electron chi connectivity index (χ0n) is 13.5. The number of piperazine rings is 1. The Balaban J connectivity index is 0.00000242. The van der Waals surface area contributed by atoms with Crippen molar-refractivity contribution < 1.29 is 15.3 Å². The molecule has 7 heteroatoms. The minimum Gasteiger partial charge on any atom is -0.504 e. The van der Waals surface area contributed by atoms with Crippen LogP contribution in [0, 0.1) is 0 Å². The van der Waals surface area contributed by atoms with Crippen LogP contribution >= 0.6 is 24.8 Å². The summed E-state index contributed by atoms with van der Waals surface area (Å²) in [5, 5.41) is 32.8. The van der Waals surface area contributed by atoms with E-state index in [1.165, 1.54) is 6.07 Å². The summed E-state index contributed by atoms with van der Waals surface area (Å²) in [5.74, 6) is -0.873. The first-order chi connectivity index (χ1) is 10.1. The van der Waals surface area contributed by atoms with E-state index in [1.807, 2.05) is 0 Å². The molecule has 0 radical (unpaired) electrons. The van der Waals surface area contributed by atoms with E-state index in [9.17, 15) is 15.3 Å². The lowest BCUT2D eigenvalue weighted by Crippen LogP contribution is -2.45. The maximum absolute atomic E-state index is 10.2. The molecule has 0 spiro atoms.